The lowest BCUT2D eigenvalue weighted by Gasteiger charge is -2.68. The van der Waals surface area contributed by atoms with Crippen molar-refractivity contribution in [3.63, 3.8) is 0 Å². The Kier molecular flexibility index (Phi) is 5.93. The number of Topliss-reactive ketones (excluding diaryl/α,β-unsaturated/α-hetero) is 1. The van der Waals surface area contributed by atoms with Crippen molar-refractivity contribution >= 4 is 17.6 Å². The number of fused-ring (bicyclic) bond motifs is 7. The van der Waals surface area contributed by atoms with Crippen molar-refractivity contribution in [2.45, 2.75) is 93.0 Å². The fourth-order valence-corrected chi connectivity index (χ4v) is 10.4. The molecule has 2 N–H and O–H groups in total. The van der Waals surface area contributed by atoms with Crippen molar-refractivity contribution in [1.29, 1.82) is 5.26 Å². The normalized spacial score (nSPS) is 44.7. The molecule has 6 nitrogen and oxygen atoms in total. The summed E-state index contributed by atoms with van der Waals surface area (Å²) in [6, 6.07) is 2.09. The number of carbonyl (C=O) groups is 3. The van der Waals surface area contributed by atoms with Crippen LogP contribution in [0.1, 0.15) is 87.0 Å². The molecule has 5 aliphatic carbocycles. The first-order chi connectivity index (χ1) is 17.6. The van der Waals surface area contributed by atoms with Crippen LogP contribution in [0.25, 0.3) is 0 Å². The number of allylic oxidation sites excluding steroid dienone is 4. The number of hydrogen-bond acceptors (Lipinski definition) is 4. The molecule has 0 spiro atoms. The highest BCUT2D eigenvalue weighted by Gasteiger charge is 2.68. The van der Waals surface area contributed by atoms with Gasteiger partial charge in [0.15, 0.2) is 11.6 Å². The fourth-order valence-electron chi connectivity index (χ4n) is 10.4. The van der Waals surface area contributed by atoms with Crippen LogP contribution in [0, 0.1) is 62.1 Å². The third kappa shape index (κ3) is 3.45. The molecule has 3 fully saturated rings. The number of amides is 2. The summed E-state index contributed by atoms with van der Waals surface area (Å²) in [5.41, 5.74) is -0.197. The molecular weight excluding hydrogens is 474 g/mol. The van der Waals surface area contributed by atoms with E-state index in [9.17, 15) is 19.6 Å². The minimum absolute atomic E-state index is 0.0259. The van der Waals surface area contributed by atoms with Crippen molar-refractivity contribution in [2.75, 3.05) is 7.05 Å². The van der Waals surface area contributed by atoms with E-state index in [0.717, 1.165) is 44.1 Å². The van der Waals surface area contributed by atoms with Gasteiger partial charge < -0.3 is 10.6 Å². The highest BCUT2D eigenvalue weighted by molar-refractivity contribution is 6.04. The number of rotatable bonds is 1. The second kappa shape index (κ2) is 8.29. The Morgan fingerprint density at radius 2 is 1.68 bits per heavy atom. The van der Waals surface area contributed by atoms with Gasteiger partial charge in [0.2, 0.25) is 0 Å². The topological polar surface area (TPSA) is 99.1 Å². The lowest BCUT2D eigenvalue weighted by Crippen LogP contribution is -2.65. The first-order valence-electron chi connectivity index (χ1n) is 14.5. The predicted molar refractivity (Wildman–Crippen MR) is 147 cm³/mol. The maximum Gasteiger partial charge on any atom is 0.314 e. The Balaban J connectivity index is 1.63. The predicted octanol–water partition coefficient (Wildman–Crippen LogP) is 5.74. The van der Waals surface area contributed by atoms with Gasteiger partial charge in [0, 0.05) is 29.8 Å². The van der Waals surface area contributed by atoms with Gasteiger partial charge in [-0.15, -0.1) is 0 Å². The summed E-state index contributed by atoms with van der Waals surface area (Å²) < 4.78 is 0. The van der Waals surface area contributed by atoms with E-state index in [1.165, 1.54) is 0 Å². The highest BCUT2D eigenvalue weighted by Crippen LogP contribution is 2.73. The summed E-state index contributed by atoms with van der Waals surface area (Å²) in [5.74, 6) is 0.581. The van der Waals surface area contributed by atoms with E-state index in [1.807, 2.05) is 26.0 Å². The van der Waals surface area contributed by atoms with Crippen LogP contribution < -0.4 is 10.6 Å². The van der Waals surface area contributed by atoms with Crippen LogP contribution in [0.5, 0.6) is 0 Å². The number of nitrogens with one attached hydrogen (secondary N) is 2. The molecule has 0 aliphatic heterocycles. The first-order valence-corrected chi connectivity index (χ1v) is 14.5. The van der Waals surface area contributed by atoms with Gasteiger partial charge in [0.05, 0.1) is 5.57 Å². The number of ketones is 2. The molecule has 5 aliphatic rings. The first kappa shape index (κ1) is 27.2. The molecule has 0 saturated heterocycles. The van der Waals surface area contributed by atoms with E-state index < -0.39 is 10.8 Å². The molecule has 0 bridgehead atoms. The molecular formula is C32H45N3O3. The number of nitriles is 1. The molecule has 6 heteroatoms. The summed E-state index contributed by atoms with van der Waals surface area (Å²) in [6.07, 6.45) is 9.51. The van der Waals surface area contributed by atoms with Gasteiger partial charge in [-0.2, -0.15) is 5.26 Å². The van der Waals surface area contributed by atoms with E-state index in [0.29, 0.717) is 0 Å². The Hall–Kier alpha value is -2.42. The Bertz CT molecular complexity index is 1200. The van der Waals surface area contributed by atoms with Crippen LogP contribution in [0.3, 0.4) is 0 Å². The van der Waals surface area contributed by atoms with Crippen LogP contribution in [-0.2, 0) is 9.59 Å². The zero-order valence-electron chi connectivity index (χ0n) is 24.5. The molecule has 38 heavy (non-hydrogen) atoms. The van der Waals surface area contributed by atoms with Crippen molar-refractivity contribution in [3.8, 4) is 6.07 Å². The second-order valence-corrected chi connectivity index (χ2v) is 15.1. The summed E-state index contributed by atoms with van der Waals surface area (Å²) in [5, 5.41) is 15.8. The zero-order chi connectivity index (χ0) is 28.1. The molecule has 3 saturated carbocycles. The molecule has 0 aromatic carbocycles. The SMILES string of the molecule is CNC(=O)N[C@@H]1CC(C)(C)C[C@H]2[C@@H]1CC[C@]1(C)[C@@H]2C(=O)C=C2[C@@]3(C)C=C(C#N)C(=O)C(C)(C)[C@@H]3CC[C@]21C. The summed E-state index contributed by atoms with van der Waals surface area (Å²) in [6.45, 7) is 15.4. The Labute approximate surface area is 228 Å². The molecule has 0 aromatic heterocycles. The molecule has 2 amide bonds. The van der Waals surface area contributed by atoms with E-state index in [1.54, 1.807) is 7.05 Å². The highest BCUT2D eigenvalue weighted by atomic mass is 16.2. The Morgan fingerprint density at radius 3 is 2.32 bits per heavy atom. The summed E-state index contributed by atoms with van der Waals surface area (Å²) >= 11 is 0. The third-order valence-electron chi connectivity index (χ3n) is 12.2. The molecule has 0 unspecified atom stereocenters. The average Bonchev–Trinajstić information content (AvgIpc) is 2.82. The van der Waals surface area contributed by atoms with Crippen LogP contribution in [0.4, 0.5) is 4.79 Å². The molecule has 5 rings (SSSR count). The summed E-state index contributed by atoms with van der Waals surface area (Å²) in [4.78, 5) is 39.9. The number of nitrogens with zero attached hydrogens (tertiary/aromatic N) is 1. The number of hydrogen-bond donors (Lipinski definition) is 2. The average molecular weight is 520 g/mol. The smallest absolute Gasteiger partial charge is 0.314 e. The number of carbonyl (C=O) groups excluding carboxylic acids is 3. The second-order valence-electron chi connectivity index (χ2n) is 15.1. The fraction of sp³-hybridized carbons (Fsp3) is 0.750. The third-order valence-corrected chi connectivity index (χ3v) is 12.2. The van der Waals surface area contributed by atoms with Gasteiger partial charge in [-0.3, -0.25) is 9.59 Å². The van der Waals surface area contributed by atoms with Gasteiger partial charge in [0.25, 0.3) is 0 Å². The molecule has 0 heterocycles. The van der Waals surface area contributed by atoms with Crippen LogP contribution in [0.15, 0.2) is 23.3 Å². The summed E-state index contributed by atoms with van der Waals surface area (Å²) in [7, 11) is 1.65. The largest absolute Gasteiger partial charge is 0.341 e. The van der Waals surface area contributed by atoms with Crippen LogP contribution in [0.2, 0.25) is 0 Å². The minimum atomic E-state index is -0.651. The monoisotopic (exact) mass is 519 g/mol. The minimum Gasteiger partial charge on any atom is -0.341 e. The van der Waals surface area contributed by atoms with Crippen LogP contribution in [-0.4, -0.2) is 30.7 Å². The van der Waals surface area contributed by atoms with E-state index in [-0.39, 0.29) is 69.1 Å². The van der Waals surface area contributed by atoms with E-state index in [2.05, 4.69) is 51.3 Å². The van der Waals surface area contributed by atoms with Gasteiger partial charge in [-0.05, 0) is 78.6 Å². The standard InChI is InChI=1S/C32H45N3O3/c1-28(2)15-20-19(21(16-28)35-27(38)34-8)9-11-32(7)25(20)22(36)13-24-30(5)14-18(17-33)26(37)29(3,4)23(30)10-12-31(24,32)6/h13-14,19-21,23,25H,9-12,15-16H2,1-8H3,(H2,34,35,38)/t19-,20-,21+,23-,25-,30-,31+,32+/m0/s1. The lowest BCUT2D eigenvalue weighted by molar-refractivity contribution is -0.157. The van der Waals surface area contributed by atoms with Gasteiger partial charge in [0.1, 0.15) is 6.07 Å². The van der Waals surface area contributed by atoms with E-state index >= 15 is 0 Å². The maximum atomic E-state index is 14.3. The molecule has 8 atom stereocenters. The van der Waals surface area contributed by atoms with Gasteiger partial charge >= 0.3 is 6.03 Å². The molecule has 0 radical (unpaired) electrons. The Morgan fingerprint density at radius 1 is 1.00 bits per heavy atom. The molecule has 206 valence electrons. The van der Waals surface area contributed by atoms with Crippen molar-refractivity contribution < 1.29 is 14.4 Å². The van der Waals surface area contributed by atoms with Crippen molar-refractivity contribution in [3.05, 3.63) is 23.3 Å². The lowest BCUT2D eigenvalue weighted by atomic mass is 9.35. The number of urea groups is 1. The van der Waals surface area contributed by atoms with E-state index in [4.69, 9.17) is 0 Å². The quantitative estimate of drug-likeness (QED) is 0.461. The maximum absolute atomic E-state index is 14.3. The molecule has 0 aromatic rings. The zero-order valence-corrected chi connectivity index (χ0v) is 24.5. The van der Waals surface area contributed by atoms with Crippen molar-refractivity contribution in [1.82, 2.24) is 10.6 Å². The van der Waals surface area contributed by atoms with Gasteiger partial charge in [-0.25, -0.2) is 4.79 Å². The van der Waals surface area contributed by atoms with Crippen LogP contribution >= 0.6 is 0 Å². The van der Waals surface area contributed by atoms with Crippen molar-refractivity contribution in [2.24, 2.45) is 50.7 Å². The van der Waals surface area contributed by atoms with Gasteiger partial charge in [-0.1, -0.05) is 60.1 Å².